The van der Waals surface area contributed by atoms with Crippen molar-refractivity contribution in [3.8, 4) is 0 Å². The van der Waals surface area contributed by atoms with Gasteiger partial charge in [-0.1, -0.05) is 67.7 Å². The molecule has 4 saturated carbocycles. The Kier molecular flexibility index (Phi) is 10.8. The summed E-state index contributed by atoms with van der Waals surface area (Å²) in [5.41, 5.74) is -0.448. The predicted octanol–water partition coefficient (Wildman–Crippen LogP) is 9.46. The molecule has 0 aromatic carbocycles. The Morgan fingerprint density at radius 3 is 1.82 bits per heavy atom. The van der Waals surface area contributed by atoms with Gasteiger partial charge in [0.2, 0.25) is 0 Å². The standard InChI is InChI=1S/C26H44O2.C3H8.C2H6/c1-6-25(2,3)26(4,5)24(27)28-19-12-15-21-18(16-19)11-14-22-20-9-7-8-17(20)10-13-23(21)22;1-3-2;1-2/h17-23H,6-16H2,1-5H3;3H2,1-2H3;1-2H3. The molecule has 0 saturated heterocycles. The van der Waals surface area contributed by atoms with Gasteiger partial charge in [0.05, 0.1) is 5.41 Å². The summed E-state index contributed by atoms with van der Waals surface area (Å²) in [6.45, 7) is 19.0. The third-order valence-electron chi connectivity index (χ3n) is 10.5. The second-order valence-corrected chi connectivity index (χ2v) is 12.7. The second kappa shape index (κ2) is 12.4. The monoisotopic (exact) mass is 462 g/mol. The van der Waals surface area contributed by atoms with E-state index in [2.05, 4.69) is 48.5 Å². The van der Waals surface area contributed by atoms with Gasteiger partial charge in [-0.05, 0) is 113 Å². The number of carbonyl (C=O) groups is 1. The van der Waals surface area contributed by atoms with E-state index in [1.54, 1.807) is 0 Å². The third-order valence-corrected chi connectivity index (χ3v) is 10.5. The number of ether oxygens (including phenoxy) is 1. The first-order chi connectivity index (χ1) is 15.7. The van der Waals surface area contributed by atoms with Gasteiger partial charge >= 0.3 is 5.97 Å². The number of esters is 1. The molecule has 4 aliphatic rings. The number of rotatable bonds is 4. The third kappa shape index (κ3) is 6.19. The molecule has 0 spiro atoms. The molecule has 0 heterocycles. The Hall–Kier alpha value is -0.530. The molecule has 0 aliphatic heterocycles. The molecule has 4 aliphatic carbocycles. The van der Waals surface area contributed by atoms with Crippen LogP contribution in [0.25, 0.3) is 0 Å². The first-order valence-electron chi connectivity index (χ1n) is 14.9. The normalized spacial score (nSPS) is 35.5. The van der Waals surface area contributed by atoms with Crippen molar-refractivity contribution in [2.24, 2.45) is 46.3 Å². The van der Waals surface area contributed by atoms with Gasteiger partial charge in [0.15, 0.2) is 0 Å². The van der Waals surface area contributed by atoms with E-state index in [9.17, 15) is 4.79 Å². The average molecular weight is 463 g/mol. The van der Waals surface area contributed by atoms with Crippen molar-refractivity contribution in [3.63, 3.8) is 0 Å². The van der Waals surface area contributed by atoms with Crippen LogP contribution < -0.4 is 0 Å². The van der Waals surface area contributed by atoms with Crippen LogP contribution >= 0.6 is 0 Å². The zero-order chi connectivity index (χ0) is 24.8. The molecule has 4 fully saturated rings. The first-order valence-corrected chi connectivity index (χ1v) is 14.9. The summed E-state index contributed by atoms with van der Waals surface area (Å²) in [5.74, 6) is 5.93. The summed E-state index contributed by atoms with van der Waals surface area (Å²) in [6.07, 6.45) is 16.3. The second-order valence-electron chi connectivity index (χ2n) is 12.7. The van der Waals surface area contributed by atoms with E-state index in [-0.39, 0.29) is 17.5 Å². The molecule has 2 heteroatoms. The number of fused-ring (bicyclic) bond motifs is 5. The fourth-order valence-corrected chi connectivity index (χ4v) is 7.56. The highest BCUT2D eigenvalue weighted by molar-refractivity contribution is 5.77. The fourth-order valence-electron chi connectivity index (χ4n) is 7.56. The van der Waals surface area contributed by atoms with Crippen LogP contribution in [0.2, 0.25) is 0 Å². The summed E-state index contributed by atoms with van der Waals surface area (Å²) >= 11 is 0. The average Bonchev–Trinajstić information content (AvgIpc) is 3.29. The lowest BCUT2D eigenvalue weighted by atomic mass is 9.53. The Balaban J connectivity index is 0.000000714. The van der Waals surface area contributed by atoms with Crippen LogP contribution in [0.15, 0.2) is 0 Å². The zero-order valence-corrected chi connectivity index (χ0v) is 23.8. The topological polar surface area (TPSA) is 26.3 Å². The molecule has 0 bridgehead atoms. The highest BCUT2D eigenvalue weighted by atomic mass is 16.5. The first kappa shape index (κ1) is 28.7. The Labute approximate surface area is 207 Å². The summed E-state index contributed by atoms with van der Waals surface area (Å²) < 4.78 is 6.16. The summed E-state index contributed by atoms with van der Waals surface area (Å²) in [4.78, 5) is 13.0. The minimum absolute atomic E-state index is 0.0285. The van der Waals surface area contributed by atoms with Crippen LogP contribution in [0.5, 0.6) is 0 Å². The van der Waals surface area contributed by atoms with Crippen molar-refractivity contribution in [2.45, 2.75) is 145 Å². The van der Waals surface area contributed by atoms with Gasteiger partial charge in [-0.2, -0.15) is 0 Å². The van der Waals surface area contributed by atoms with Gasteiger partial charge in [-0.25, -0.2) is 0 Å². The Morgan fingerprint density at radius 1 is 0.727 bits per heavy atom. The van der Waals surface area contributed by atoms with Gasteiger partial charge in [-0.15, -0.1) is 0 Å². The molecule has 0 N–H and O–H groups in total. The van der Waals surface area contributed by atoms with Crippen LogP contribution in [0.1, 0.15) is 139 Å². The van der Waals surface area contributed by atoms with E-state index in [1.807, 2.05) is 13.8 Å². The van der Waals surface area contributed by atoms with Crippen molar-refractivity contribution in [1.29, 1.82) is 0 Å². The molecule has 33 heavy (non-hydrogen) atoms. The van der Waals surface area contributed by atoms with Gasteiger partial charge < -0.3 is 4.74 Å². The van der Waals surface area contributed by atoms with E-state index in [1.165, 1.54) is 57.8 Å². The zero-order valence-electron chi connectivity index (χ0n) is 23.8. The molecule has 7 atom stereocenters. The van der Waals surface area contributed by atoms with Crippen molar-refractivity contribution >= 4 is 5.97 Å². The fraction of sp³-hybridized carbons (Fsp3) is 0.968. The number of hydrogen-bond acceptors (Lipinski definition) is 2. The molecule has 2 nitrogen and oxygen atoms in total. The minimum Gasteiger partial charge on any atom is -0.462 e. The quantitative estimate of drug-likeness (QED) is 0.389. The van der Waals surface area contributed by atoms with Gasteiger partial charge in [0, 0.05) is 0 Å². The SMILES string of the molecule is CC.CCC.CCC(C)(C)C(C)(C)C(=O)OC1CCC2C(CCC3C4CCCC4CCC23)C1. The van der Waals surface area contributed by atoms with Crippen molar-refractivity contribution in [1.82, 2.24) is 0 Å². The smallest absolute Gasteiger partial charge is 0.312 e. The Bertz CT molecular complexity index is 592. The van der Waals surface area contributed by atoms with Crippen LogP contribution in [-0.2, 0) is 9.53 Å². The van der Waals surface area contributed by atoms with Gasteiger partial charge in [-0.3, -0.25) is 4.79 Å². The summed E-state index contributed by atoms with van der Waals surface area (Å²) in [6, 6.07) is 0. The van der Waals surface area contributed by atoms with E-state index < -0.39 is 5.41 Å². The van der Waals surface area contributed by atoms with Crippen LogP contribution in [0.3, 0.4) is 0 Å². The molecule has 194 valence electrons. The number of carbonyl (C=O) groups excluding carboxylic acids is 1. The van der Waals surface area contributed by atoms with Gasteiger partial charge in [0.1, 0.15) is 6.10 Å². The molecule has 4 rings (SSSR count). The molecular weight excluding hydrogens is 404 g/mol. The lowest BCUT2D eigenvalue weighted by Gasteiger charge is -2.52. The van der Waals surface area contributed by atoms with Crippen molar-refractivity contribution < 1.29 is 9.53 Å². The summed E-state index contributed by atoms with van der Waals surface area (Å²) in [7, 11) is 0. The predicted molar refractivity (Wildman–Crippen MR) is 142 cm³/mol. The van der Waals surface area contributed by atoms with Crippen molar-refractivity contribution in [2.75, 3.05) is 0 Å². The lowest BCUT2D eigenvalue weighted by Crippen LogP contribution is -2.47. The molecule has 0 aromatic heterocycles. The maximum absolute atomic E-state index is 13.0. The van der Waals surface area contributed by atoms with E-state index >= 15 is 0 Å². The van der Waals surface area contributed by atoms with Crippen molar-refractivity contribution in [3.05, 3.63) is 0 Å². The molecule has 0 radical (unpaired) electrons. The van der Waals surface area contributed by atoms with E-state index in [0.29, 0.717) is 0 Å². The molecule has 7 unspecified atom stereocenters. The molecule has 0 amide bonds. The van der Waals surface area contributed by atoms with E-state index in [0.717, 1.165) is 54.8 Å². The van der Waals surface area contributed by atoms with Gasteiger partial charge in [0.25, 0.3) is 0 Å². The highest BCUT2D eigenvalue weighted by Crippen LogP contribution is 2.58. The minimum atomic E-state index is -0.420. The van der Waals surface area contributed by atoms with E-state index in [4.69, 9.17) is 4.74 Å². The maximum atomic E-state index is 13.0. The van der Waals surface area contributed by atoms with Crippen LogP contribution in [-0.4, -0.2) is 12.1 Å². The largest absolute Gasteiger partial charge is 0.462 e. The van der Waals surface area contributed by atoms with Crippen LogP contribution in [0, 0.1) is 46.3 Å². The molecular formula is C31H58O2. The maximum Gasteiger partial charge on any atom is 0.312 e. The van der Waals surface area contributed by atoms with Crippen LogP contribution in [0.4, 0.5) is 0 Å². The Morgan fingerprint density at radius 2 is 1.24 bits per heavy atom. The molecule has 0 aromatic rings. The summed E-state index contributed by atoms with van der Waals surface area (Å²) in [5, 5.41) is 0. The number of hydrogen-bond donors (Lipinski definition) is 0. The highest BCUT2D eigenvalue weighted by Gasteiger charge is 2.50. The lowest BCUT2D eigenvalue weighted by molar-refractivity contribution is -0.171.